The molecule has 0 aliphatic heterocycles. The van der Waals surface area contributed by atoms with E-state index in [9.17, 15) is 4.79 Å². The van der Waals surface area contributed by atoms with Crippen molar-refractivity contribution in [1.82, 2.24) is 4.57 Å². The number of aromatic nitrogens is 1. The fourth-order valence-electron chi connectivity index (χ4n) is 2.42. The van der Waals surface area contributed by atoms with Crippen molar-refractivity contribution in [3.05, 3.63) is 33.7 Å². The van der Waals surface area contributed by atoms with Crippen LogP contribution >= 0.6 is 0 Å². The molecular formula is C13H20N2O. The normalized spacial score (nSPS) is 19.9. The van der Waals surface area contributed by atoms with Gasteiger partial charge in [-0.3, -0.25) is 4.79 Å². The fourth-order valence-corrected chi connectivity index (χ4v) is 2.42. The Morgan fingerprint density at radius 2 is 2.25 bits per heavy atom. The lowest BCUT2D eigenvalue weighted by Gasteiger charge is -2.25. The lowest BCUT2D eigenvalue weighted by molar-refractivity contribution is 0.467. The summed E-state index contributed by atoms with van der Waals surface area (Å²) in [4.78, 5) is 11.8. The predicted molar refractivity (Wildman–Crippen MR) is 65.5 cm³/mol. The zero-order valence-electron chi connectivity index (χ0n) is 10.1. The van der Waals surface area contributed by atoms with Crippen molar-refractivity contribution in [2.45, 2.75) is 45.7 Å². The molecule has 0 aromatic carbocycles. The number of rotatable bonds is 2. The van der Waals surface area contributed by atoms with Gasteiger partial charge in [-0.15, -0.1) is 0 Å². The Kier molecular flexibility index (Phi) is 3.15. The summed E-state index contributed by atoms with van der Waals surface area (Å²) in [7, 11) is 0. The molecule has 16 heavy (non-hydrogen) atoms. The molecule has 3 nitrogen and oxygen atoms in total. The van der Waals surface area contributed by atoms with E-state index in [4.69, 9.17) is 5.73 Å². The molecule has 1 aromatic heterocycles. The van der Waals surface area contributed by atoms with Crippen LogP contribution in [0.15, 0.2) is 16.9 Å². The van der Waals surface area contributed by atoms with Gasteiger partial charge in [-0.25, -0.2) is 0 Å². The van der Waals surface area contributed by atoms with E-state index < -0.39 is 0 Å². The largest absolute Gasteiger partial charge is 0.327 e. The van der Waals surface area contributed by atoms with E-state index in [-0.39, 0.29) is 11.6 Å². The second-order valence-corrected chi connectivity index (χ2v) is 5.15. The van der Waals surface area contributed by atoms with Crippen molar-refractivity contribution in [3.8, 4) is 0 Å². The Balaban J connectivity index is 2.43. The Hall–Kier alpha value is -1.09. The van der Waals surface area contributed by atoms with Gasteiger partial charge in [0.15, 0.2) is 0 Å². The van der Waals surface area contributed by atoms with E-state index in [1.54, 1.807) is 6.07 Å². The Morgan fingerprint density at radius 1 is 1.50 bits per heavy atom. The van der Waals surface area contributed by atoms with Crippen molar-refractivity contribution >= 4 is 0 Å². The third-order valence-electron chi connectivity index (χ3n) is 3.17. The molecule has 0 radical (unpaired) electrons. The molecule has 0 saturated heterocycles. The first kappa shape index (κ1) is 11.4. The average molecular weight is 220 g/mol. The molecule has 0 saturated carbocycles. The van der Waals surface area contributed by atoms with Crippen LogP contribution in [-0.4, -0.2) is 10.6 Å². The van der Waals surface area contributed by atoms with Crippen molar-refractivity contribution in [2.24, 2.45) is 11.7 Å². The smallest absolute Gasteiger partial charge is 0.250 e. The minimum absolute atomic E-state index is 0.128. The highest BCUT2D eigenvalue weighted by atomic mass is 16.1. The van der Waals surface area contributed by atoms with E-state index in [1.807, 2.05) is 10.6 Å². The number of fused-ring (bicyclic) bond motifs is 1. The van der Waals surface area contributed by atoms with Gasteiger partial charge < -0.3 is 10.3 Å². The number of hydrogen-bond acceptors (Lipinski definition) is 2. The summed E-state index contributed by atoms with van der Waals surface area (Å²) in [5, 5.41) is 0. The molecule has 1 aromatic rings. The monoisotopic (exact) mass is 220 g/mol. The second-order valence-electron chi connectivity index (χ2n) is 5.15. The zero-order valence-corrected chi connectivity index (χ0v) is 10.1. The Labute approximate surface area is 96.3 Å². The van der Waals surface area contributed by atoms with Gasteiger partial charge in [0.1, 0.15) is 0 Å². The van der Waals surface area contributed by atoms with Gasteiger partial charge in [0.05, 0.1) is 0 Å². The van der Waals surface area contributed by atoms with Gasteiger partial charge in [0, 0.05) is 24.3 Å². The fraction of sp³-hybridized carbons (Fsp3) is 0.615. The highest BCUT2D eigenvalue weighted by Crippen LogP contribution is 2.19. The first-order valence-corrected chi connectivity index (χ1v) is 6.05. The summed E-state index contributed by atoms with van der Waals surface area (Å²) in [6, 6.07) is 3.89. The van der Waals surface area contributed by atoms with Crippen molar-refractivity contribution < 1.29 is 0 Å². The first-order valence-electron chi connectivity index (χ1n) is 6.05. The van der Waals surface area contributed by atoms with Crippen LogP contribution < -0.4 is 11.3 Å². The third kappa shape index (κ3) is 2.19. The maximum absolute atomic E-state index is 11.8. The highest BCUT2D eigenvalue weighted by Gasteiger charge is 2.19. The number of hydrogen-bond donors (Lipinski definition) is 1. The van der Waals surface area contributed by atoms with Gasteiger partial charge in [-0.05, 0) is 30.7 Å². The Bertz CT molecular complexity index is 434. The van der Waals surface area contributed by atoms with Crippen molar-refractivity contribution in [2.75, 3.05) is 0 Å². The molecule has 0 amide bonds. The molecule has 3 heteroatoms. The molecule has 2 rings (SSSR count). The number of pyridine rings is 1. The molecule has 2 N–H and O–H groups in total. The summed E-state index contributed by atoms with van der Waals surface area (Å²) in [6.45, 7) is 5.10. The average Bonchev–Trinajstić information content (AvgIpc) is 2.22. The SMILES string of the molecule is CC(C)Cn1c2c(ccc1=O)C[C@H](N)CC2. The topological polar surface area (TPSA) is 48.0 Å². The standard InChI is InChI=1S/C13H20N2O/c1-9(2)8-15-12-5-4-11(14)7-10(12)3-6-13(15)16/h3,6,9,11H,4-5,7-8,14H2,1-2H3/t11-/m1/s1. The predicted octanol–water partition coefficient (Wildman–Crippen LogP) is 1.32. The quantitative estimate of drug-likeness (QED) is 0.817. The second kappa shape index (κ2) is 4.42. The van der Waals surface area contributed by atoms with Gasteiger partial charge in [-0.2, -0.15) is 0 Å². The van der Waals surface area contributed by atoms with Crippen molar-refractivity contribution in [1.29, 1.82) is 0 Å². The number of nitrogens with zero attached hydrogens (tertiary/aromatic N) is 1. The van der Waals surface area contributed by atoms with Gasteiger partial charge >= 0.3 is 0 Å². The van der Waals surface area contributed by atoms with Crippen LogP contribution in [0.1, 0.15) is 31.5 Å². The highest BCUT2D eigenvalue weighted by molar-refractivity contribution is 5.25. The zero-order chi connectivity index (χ0) is 11.7. The molecule has 1 aliphatic carbocycles. The Morgan fingerprint density at radius 3 is 2.94 bits per heavy atom. The van der Waals surface area contributed by atoms with E-state index in [0.717, 1.165) is 25.8 Å². The molecule has 1 aliphatic rings. The molecule has 0 fully saturated rings. The van der Waals surface area contributed by atoms with Crippen LogP contribution in [0.3, 0.4) is 0 Å². The van der Waals surface area contributed by atoms with Gasteiger partial charge in [0.25, 0.3) is 5.56 Å². The lowest BCUT2D eigenvalue weighted by Crippen LogP contribution is -2.34. The molecule has 0 unspecified atom stereocenters. The van der Waals surface area contributed by atoms with Gasteiger partial charge in [0.2, 0.25) is 0 Å². The van der Waals surface area contributed by atoms with Crippen LogP contribution in [0.4, 0.5) is 0 Å². The summed E-state index contributed by atoms with van der Waals surface area (Å²) >= 11 is 0. The van der Waals surface area contributed by atoms with E-state index in [1.165, 1.54) is 11.3 Å². The van der Waals surface area contributed by atoms with E-state index in [2.05, 4.69) is 13.8 Å². The van der Waals surface area contributed by atoms with Crippen molar-refractivity contribution in [3.63, 3.8) is 0 Å². The summed E-state index contributed by atoms with van der Waals surface area (Å²) in [5.41, 5.74) is 8.55. The molecular weight excluding hydrogens is 200 g/mol. The lowest BCUT2D eigenvalue weighted by atomic mass is 9.92. The van der Waals surface area contributed by atoms with E-state index in [0.29, 0.717) is 5.92 Å². The summed E-state index contributed by atoms with van der Waals surface area (Å²) in [6.07, 6.45) is 2.85. The molecule has 0 bridgehead atoms. The van der Waals surface area contributed by atoms with Crippen LogP contribution in [0.5, 0.6) is 0 Å². The summed E-state index contributed by atoms with van der Waals surface area (Å²) in [5.74, 6) is 0.500. The minimum Gasteiger partial charge on any atom is -0.327 e. The third-order valence-corrected chi connectivity index (χ3v) is 3.17. The van der Waals surface area contributed by atoms with E-state index >= 15 is 0 Å². The molecule has 1 atom stereocenters. The van der Waals surface area contributed by atoms with Crippen LogP contribution in [-0.2, 0) is 19.4 Å². The maximum Gasteiger partial charge on any atom is 0.250 e. The molecule has 0 spiro atoms. The number of nitrogens with two attached hydrogens (primary N) is 1. The summed E-state index contributed by atoms with van der Waals surface area (Å²) < 4.78 is 1.94. The molecule has 88 valence electrons. The first-order chi connectivity index (χ1) is 7.58. The minimum atomic E-state index is 0.128. The van der Waals surface area contributed by atoms with Crippen LogP contribution in [0, 0.1) is 5.92 Å². The molecule has 1 heterocycles. The maximum atomic E-state index is 11.8. The van der Waals surface area contributed by atoms with Gasteiger partial charge in [-0.1, -0.05) is 19.9 Å². The van der Waals surface area contributed by atoms with Crippen LogP contribution in [0.25, 0.3) is 0 Å². The van der Waals surface area contributed by atoms with Crippen LogP contribution in [0.2, 0.25) is 0 Å².